The summed E-state index contributed by atoms with van der Waals surface area (Å²) in [6.45, 7) is 0.522. The van der Waals surface area contributed by atoms with E-state index in [4.69, 9.17) is 4.74 Å². The molecule has 0 unspecified atom stereocenters. The van der Waals surface area contributed by atoms with Crippen LogP contribution in [0.3, 0.4) is 0 Å². The van der Waals surface area contributed by atoms with Crippen LogP contribution in [0.25, 0.3) is 0 Å². The van der Waals surface area contributed by atoms with Crippen LogP contribution in [0.1, 0.15) is 5.56 Å². The second-order valence-corrected chi connectivity index (χ2v) is 5.27. The standard InChI is InChI=1S/C15H20N2O3/c1-17(2)12-6-4-10(5-7-12)8-11-9-16-14(18)13(11)15(19)20-3/h4-7,11,13H,8-9H2,1-3H3,(H,16,18)/t11-,13+/m0/s1. The lowest BCUT2D eigenvalue weighted by atomic mass is 9.89. The zero-order valence-corrected chi connectivity index (χ0v) is 12.1. The number of carbonyl (C=O) groups is 2. The minimum Gasteiger partial charge on any atom is -0.468 e. The minimum absolute atomic E-state index is 0.0415. The molecule has 1 aromatic carbocycles. The fourth-order valence-electron chi connectivity index (χ4n) is 2.52. The quantitative estimate of drug-likeness (QED) is 0.654. The highest BCUT2D eigenvalue weighted by Crippen LogP contribution is 2.24. The van der Waals surface area contributed by atoms with Crippen LogP contribution >= 0.6 is 0 Å². The number of hydrogen-bond acceptors (Lipinski definition) is 4. The van der Waals surface area contributed by atoms with E-state index < -0.39 is 11.9 Å². The van der Waals surface area contributed by atoms with Crippen LogP contribution in [0, 0.1) is 11.8 Å². The molecule has 1 aliphatic rings. The topological polar surface area (TPSA) is 58.6 Å². The molecule has 0 saturated carbocycles. The van der Waals surface area contributed by atoms with Crippen LogP contribution in [0.15, 0.2) is 24.3 Å². The Hall–Kier alpha value is -2.04. The predicted octanol–water partition coefficient (Wildman–Crippen LogP) is 0.830. The summed E-state index contributed by atoms with van der Waals surface area (Å²) >= 11 is 0. The normalized spacial score (nSPS) is 21.4. The third kappa shape index (κ3) is 2.92. The third-order valence-electron chi connectivity index (χ3n) is 3.70. The molecule has 20 heavy (non-hydrogen) atoms. The van der Waals surface area contributed by atoms with Crippen LogP contribution in [-0.2, 0) is 20.7 Å². The van der Waals surface area contributed by atoms with Crippen LogP contribution in [0.5, 0.6) is 0 Å². The van der Waals surface area contributed by atoms with Gasteiger partial charge in [0.15, 0.2) is 0 Å². The van der Waals surface area contributed by atoms with Gasteiger partial charge < -0.3 is 15.0 Å². The first kappa shape index (κ1) is 14.4. The maximum Gasteiger partial charge on any atom is 0.318 e. The number of ether oxygens (including phenoxy) is 1. The van der Waals surface area contributed by atoms with Crippen LogP contribution in [0.2, 0.25) is 0 Å². The molecule has 1 saturated heterocycles. The molecule has 2 rings (SSSR count). The van der Waals surface area contributed by atoms with Gasteiger partial charge >= 0.3 is 5.97 Å². The van der Waals surface area contributed by atoms with Gasteiger partial charge in [0.1, 0.15) is 5.92 Å². The van der Waals surface area contributed by atoms with E-state index in [-0.39, 0.29) is 11.8 Å². The predicted molar refractivity (Wildman–Crippen MR) is 76.5 cm³/mol. The largest absolute Gasteiger partial charge is 0.468 e. The zero-order valence-electron chi connectivity index (χ0n) is 12.1. The van der Waals surface area contributed by atoms with Crippen molar-refractivity contribution < 1.29 is 14.3 Å². The van der Waals surface area contributed by atoms with Gasteiger partial charge in [-0.2, -0.15) is 0 Å². The number of rotatable bonds is 4. The van der Waals surface area contributed by atoms with Crippen molar-refractivity contribution in [1.29, 1.82) is 0 Å². The van der Waals surface area contributed by atoms with Crippen molar-refractivity contribution >= 4 is 17.6 Å². The second kappa shape index (κ2) is 5.94. The second-order valence-electron chi connectivity index (χ2n) is 5.27. The summed E-state index contributed by atoms with van der Waals surface area (Å²) in [5, 5.41) is 2.74. The molecular weight excluding hydrogens is 256 g/mol. The first-order chi connectivity index (χ1) is 9.52. The van der Waals surface area contributed by atoms with E-state index in [2.05, 4.69) is 5.32 Å². The molecule has 2 atom stereocenters. The van der Waals surface area contributed by atoms with Crippen molar-refractivity contribution in [3.05, 3.63) is 29.8 Å². The van der Waals surface area contributed by atoms with Gasteiger partial charge in [0.2, 0.25) is 5.91 Å². The Morgan fingerprint density at radius 1 is 1.35 bits per heavy atom. The van der Waals surface area contributed by atoms with Gasteiger partial charge in [0.05, 0.1) is 7.11 Å². The fourth-order valence-corrected chi connectivity index (χ4v) is 2.52. The van der Waals surface area contributed by atoms with Gasteiger partial charge in [-0.1, -0.05) is 12.1 Å². The van der Waals surface area contributed by atoms with Crippen molar-refractivity contribution in [1.82, 2.24) is 5.32 Å². The summed E-state index contributed by atoms with van der Waals surface area (Å²) in [6, 6.07) is 8.14. The summed E-state index contributed by atoms with van der Waals surface area (Å²) in [5.74, 6) is -1.41. The highest BCUT2D eigenvalue weighted by atomic mass is 16.5. The minimum atomic E-state index is -0.687. The first-order valence-corrected chi connectivity index (χ1v) is 6.64. The van der Waals surface area contributed by atoms with E-state index in [0.717, 1.165) is 11.3 Å². The van der Waals surface area contributed by atoms with Crippen LogP contribution < -0.4 is 10.2 Å². The van der Waals surface area contributed by atoms with Crippen LogP contribution in [0.4, 0.5) is 5.69 Å². The van der Waals surface area contributed by atoms with Crippen molar-refractivity contribution in [2.24, 2.45) is 11.8 Å². The summed E-state index contributed by atoms with van der Waals surface area (Å²) in [4.78, 5) is 25.4. The molecular formula is C15H20N2O3. The number of nitrogens with zero attached hydrogens (tertiary/aromatic N) is 1. The molecule has 1 aliphatic heterocycles. The molecule has 5 nitrogen and oxygen atoms in total. The Balaban J connectivity index is 2.08. The maximum atomic E-state index is 11.7. The SMILES string of the molecule is COC(=O)[C@H]1C(=O)NC[C@@H]1Cc1ccc(N(C)C)cc1. The molecule has 0 spiro atoms. The molecule has 1 heterocycles. The Morgan fingerprint density at radius 2 is 2.00 bits per heavy atom. The number of esters is 1. The van der Waals surface area contributed by atoms with Crippen molar-refractivity contribution in [3.8, 4) is 0 Å². The number of benzene rings is 1. The maximum absolute atomic E-state index is 11.7. The van der Waals surface area contributed by atoms with Crippen molar-refractivity contribution in [2.45, 2.75) is 6.42 Å². The monoisotopic (exact) mass is 276 g/mol. The van der Waals surface area contributed by atoms with Gasteiger partial charge in [-0.05, 0) is 24.1 Å². The first-order valence-electron chi connectivity index (χ1n) is 6.64. The Morgan fingerprint density at radius 3 is 2.55 bits per heavy atom. The number of hydrogen-bond donors (Lipinski definition) is 1. The Kier molecular flexibility index (Phi) is 4.27. The van der Waals surface area contributed by atoms with E-state index in [1.165, 1.54) is 7.11 Å². The molecule has 0 aliphatic carbocycles. The smallest absolute Gasteiger partial charge is 0.318 e. The van der Waals surface area contributed by atoms with Crippen molar-refractivity contribution in [3.63, 3.8) is 0 Å². The molecule has 0 radical (unpaired) electrons. The van der Waals surface area contributed by atoms with E-state index in [9.17, 15) is 9.59 Å². The highest BCUT2D eigenvalue weighted by molar-refractivity contribution is 5.99. The molecule has 108 valence electrons. The lowest BCUT2D eigenvalue weighted by Gasteiger charge is -2.16. The van der Waals surface area contributed by atoms with Gasteiger partial charge in [-0.15, -0.1) is 0 Å². The fraction of sp³-hybridized carbons (Fsp3) is 0.467. The molecule has 1 aromatic rings. The number of anilines is 1. The Bertz CT molecular complexity index is 496. The lowest BCUT2D eigenvalue weighted by Crippen LogP contribution is -2.29. The summed E-state index contributed by atoms with van der Waals surface area (Å²) in [7, 11) is 5.29. The van der Waals surface area contributed by atoms with Crippen LogP contribution in [-0.4, -0.2) is 39.6 Å². The zero-order chi connectivity index (χ0) is 14.7. The van der Waals surface area contributed by atoms with Gasteiger partial charge in [-0.25, -0.2) is 0 Å². The van der Waals surface area contributed by atoms with E-state index in [1.54, 1.807) is 0 Å². The number of amides is 1. The summed E-state index contributed by atoms with van der Waals surface area (Å²) < 4.78 is 4.72. The van der Waals surface area contributed by atoms with E-state index in [0.29, 0.717) is 13.0 Å². The number of methoxy groups -OCH3 is 1. The summed E-state index contributed by atoms with van der Waals surface area (Å²) in [5.41, 5.74) is 2.24. The summed E-state index contributed by atoms with van der Waals surface area (Å²) in [6.07, 6.45) is 0.687. The van der Waals surface area contributed by atoms with E-state index >= 15 is 0 Å². The molecule has 1 fully saturated rings. The molecule has 5 heteroatoms. The van der Waals surface area contributed by atoms with Gasteiger partial charge in [-0.3, -0.25) is 9.59 Å². The molecule has 1 amide bonds. The Labute approximate surface area is 118 Å². The molecule has 1 N–H and O–H groups in total. The molecule has 0 aromatic heterocycles. The molecule has 0 bridgehead atoms. The highest BCUT2D eigenvalue weighted by Gasteiger charge is 2.40. The number of carbonyl (C=O) groups excluding carboxylic acids is 2. The van der Waals surface area contributed by atoms with Gasteiger partial charge in [0, 0.05) is 32.2 Å². The average Bonchev–Trinajstić information content (AvgIpc) is 2.79. The number of nitrogens with one attached hydrogen (secondary N) is 1. The average molecular weight is 276 g/mol. The van der Waals surface area contributed by atoms with Crippen molar-refractivity contribution in [2.75, 3.05) is 32.6 Å². The van der Waals surface area contributed by atoms with Gasteiger partial charge in [0.25, 0.3) is 0 Å². The third-order valence-corrected chi connectivity index (χ3v) is 3.70. The lowest BCUT2D eigenvalue weighted by molar-refractivity contribution is -0.149. The van der Waals surface area contributed by atoms with E-state index in [1.807, 2.05) is 43.3 Å².